The van der Waals surface area contributed by atoms with Crippen LogP contribution >= 0.6 is 31.9 Å². The summed E-state index contributed by atoms with van der Waals surface area (Å²) in [6, 6.07) is -1.38. The Morgan fingerprint density at radius 3 is 2.27 bits per heavy atom. The number of aliphatic hydroxyl groups excluding tert-OH is 1. The van der Waals surface area contributed by atoms with Gasteiger partial charge in [0.1, 0.15) is 12.1 Å². The van der Waals surface area contributed by atoms with Gasteiger partial charge in [0.25, 0.3) is 0 Å². The molecular weight excluding hydrogens is 332 g/mol. The summed E-state index contributed by atoms with van der Waals surface area (Å²) in [4.78, 5) is 14.4. The lowest BCUT2D eigenvalue weighted by atomic mass is 10.0. The van der Waals surface area contributed by atoms with Gasteiger partial charge < -0.3 is 15.9 Å². The van der Waals surface area contributed by atoms with Gasteiger partial charge in [-0.25, -0.2) is 0 Å². The van der Waals surface area contributed by atoms with Crippen LogP contribution in [0.3, 0.4) is 0 Å². The van der Waals surface area contributed by atoms with Crippen molar-refractivity contribution in [3.63, 3.8) is 0 Å². The summed E-state index contributed by atoms with van der Waals surface area (Å²) >= 11 is 6.33. The predicted octanol–water partition coefficient (Wildman–Crippen LogP) is 1.05. The quantitative estimate of drug-likeness (QED) is 0.765. The smallest absolute Gasteiger partial charge is 0.323 e. The number of nitrogens with two attached hydrogens (primary N) is 1. The van der Waals surface area contributed by atoms with Gasteiger partial charge in [0.2, 0.25) is 0 Å². The van der Waals surface area contributed by atoms with E-state index in [0.717, 1.165) is 0 Å². The Bertz CT molecular complexity index is 366. The van der Waals surface area contributed by atoms with E-state index in [9.17, 15) is 9.90 Å². The molecule has 1 aromatic rings. The normalized spacial score (nSPS) is 14.7. The van der Waals surface area contributed by atoms with Gasteiger partial charge in [-0.05, 0) is 31.9 Å². The van der Waals surface area contributed by atoms with E-state index in [1.165, 1.54) is 12.4 Å². The molecule has 0 aliphatic heterocycles. The largest absolute Gasteiger partial charge is 0.480 e. The van der Waals surface area contributed by atoms with Crippen LogP contribution in [-0.4, -0.2) is 27.2 Å². The zero-order valence-electron chi connectivity index (χ0n) is 7.39. The molecule has 1 heterocycles. The molecule has 4 N–H and O–H groups in total. The van der Waals surface area contributed by atoms with E-state index < -0.39 is 18.1 Å². The molecule has 1 aromatic heterocycles. The fraction of sp³-hybridized carbons (Fsp3) is 0.250. The van der Waals surface area contributed by atoms with Crippen LogP contribution < -0.4 is 5.73 Å². The average molecular weight is 340 g/mol. The molecule has 0 saturated carbocycles. The first kappa shape index (κ1) is 12.6. The van der Waals surface area contributed by atoms with E-state index in [-0.39, 0.29) is 0 Å². The first-order valence-electron chi connectivity index (χ1n) is 3.90. The van der Waals surface area contributed by atoms with E-state index in [2.05, 4.69) is 36.8 Å². The van der Waals surface area contributed by atoms with Crippen molar-refractivity contribution in [2.24, 2.45) is 5.73 Å². The number of aliphatic carboxylic acids is 1. The van der Waals surface area contributed by atoms with Gasteiger partial charge in [-0.2, -0.15) is 0 Å². The minimum atomic E-state index is -1.38. The van der Waals surface area contributed by atoms with E-state index in [0.29, 0.717) is 14.5 Å². The average Bonchev–Trinajstić information content (AvgIpc) is 2.15. The van der Waals surface area contributed by atoms with Crippen LogP contribution in [0.2, 0.25) is 0 Å². The third kappa shape index (κ3) is 2.75. The maximum atomic E-state index is 10.6. The molecule has 0 amide bonds. The highest BCUT2D eigenvalue weighted by atomic mass is 79.9. The fourth-order valence-corrected chi connectivity index (χ4v) is 2.42. The summed E-state index contributed by atoms with van der Waals surface area (Å²) in [5, 5.41) is 18.4. The van der Waals surface area contributed by atoms with Crippen LogP contribution in [0.5, 0.6) is 0 Å². The molecule has 0 bridgehead atoms. The van der Waals surface area contributed by atoms with Crippen molar-refractivity contribution in [1.82, 2.24) is 4.98 Å². The van der Waals surface area contributed by atoms with Gasteiger partial charge >= 0.3 is 5.97 Å². The summed E-state index contributed by atoms with van der Waals surface area (Å²) in [6.07, 6.45) is 1.62. The lowest BCUT2D eigenvalue weighted by molar-refractivity contribution is -0.141. The molecule has 0 fully saturated rings. The van der Waals surface area contributed by atoms with Gasteiger partial charge in [-0.15, -0.1) is 0 Å². The molecule has 0 aliphatic carbocycles. The monoisotopic (exact) mass is 338 g/mol. The number of carbonyl (C=O) groups is 1. The zero-order chi connectivity index (χ0) is 11.6. The number of aromatic nitrogens is 1. The topological polar surface area (TPSA) is 96.4 Å². The Morgan fingerprint density at radius 1 is 1.40 bits per heavy atom. The molecule has 5 nitrogen and oxygen atoms in total. The number of pyridine rings is 1. The van der Waals surface area contributed by atoms with Crippen molar-refractivity contribution < 1.29 is 15.0 Å². The molecule has 2 unspecified atom stereocenters. The second-order valence-corrected chi connectivity index (χ2v) is 4.53. The van der Waals surface area contributed by atoms with Crippen LogP contribution in [0.15, 0.2) is 21.3 Å². The summed E-state index contributed by atoms with van der Waals surface area (Å²) in [5.41, 5.74) is 5.69. The van der Waals surface area contributed by atoms with Crippen LogP contribution in [0.4, 0.5) is 0 Å². The van der Waals surface area contributed by atoms with E-state index in [1.807, 2.05) is 0 Å². The Hall–Kier alpha value is -0.500. The van der Waals surface area contributed by atoms with Crippen molar-refractivity contribution in [2.45, 2.75) is 12.1 Å². The summed E-state index contributed by atoms with van der Waals surface area (Å²) in [7, 11) is 0. The number of carboxylic acids is 1. The predicted molar refractivity (Wildman–Crippen MR) is 60.2 cm³/mol. The summed E-state index contributed by atoms with van der Waals surface area (Å²) in [5.74, 6) is -1.27. The number of nitrogens with zero attached hydrogens (tertiary/aromatic N) is 1. The van der Waals surface area contributed by atoms with Gasteiger partial charge in [0.05, 0.1) is 0 Å². The molecule has 82 valence electrons. The first-order valence-corrected chi connectivity index (χ1v) is 5.49. The molecule has 2 atom stereocenters. The van der Waals surface area contributed by atoms with Crippen LogP contribution in [-0.2, 0) is 4.79 Å². The molecule has 1 rings (SSSR count). The lowest BCUT2D eigenvalue weighted by Crippen LogP contribution is -2.36. The number of halogens is 2. The molecular formula is C8H8Br2N2O3. The molecule has 0 spiro atoms. The van der Waals surface area contributed by atoms with Gasteiger partial charge in [0, 0.05) is 26.9 Å². The van der Waals surface area contributed by atoms with Crippen LogP contribution in [0.1, 0.15) is 11.7 Å². The van der Waals surface area contributed by atoms with Crippen molar-refractivity contribution in [1.29, 1.82) is 0 Å². The third-order valence-corrected chi connectivity index (χ3v) is 3.08. The van der Waals surface area contributed by atoms with Crippen molar-refractivity contribution >= 4 is 37.8 Å². The highest BCUT2D eigenvalue weighted by Gasteiger charge is 2.27. The molecule has 15 heavy (non-hydrogen) atoms. The van der Waals surface area contributed by atoms with Crippen molar-refractivity contribution in [3.05, 3.63) is 26.9 Å². The molecule has 0 aliphatic rings. The number of hydrogen-bond donors (Lipinski definition) is 3. The van der Waals surface area contributed by atoms with Crippen molar-refractivity contribution in [2.75, 3.05) is 0 Å². The Balaban J connectivity index is 3.10. The number of hydrogen-bond acceptors (Lipinski definition) is 4. The number of rotatable bonds is 3. The van der Waals surface area contributed by atoms with Crippen LogP contribution in [0, 0.1) is 0 Å². The maximum Gasteiger partial charge on any atom is 0.323 e. The summed E-state index contributed by atoms with van der Waals surface area (Å²) < 4.78 is 1.00. The molecule has 0 radical (unpaired) electrons. The van der Waals surface area contributed by atoms with Gasteiger partial charge in [-0.3, -0.25) is 9.78 Å². The minimum absolute atomic E-state index is 0.375. The Morgan fingerprint density at radius 2 is 1.87 bits per heavy atom. The summed E-state index contributed by atoms with van der Waals surface area (Å²) in [6.45, 7) is 0. The van der Waals surface area contributed by atoms with E-state index in [1.54, 1.807) is 0 Å². The highest BCUT2D eigenvalue weighted by Crippen LogP contribution is 2.31. The second-order valence-electron chi connectivity index (χ2n) is 2.83. The molecule has 7 heteroatoms. The second kappa shape index (κ2) is 5.02. The third-order valence-electron chi connectivity index (χ3n) is 1.81. The Kier molecular flexibility index (Phi) is 4.21. The molecule has 0 aromatic carbocycles. The first-order chi connectivity index (χ1) is 6.95. The highest BCUT2D eigenvalue weighted by molar-refractivity contribution is 9.11. The Labute approximate surface area is 103 Å². The number of carboxylic acid groups (broad SMARTS) is 1. The van der Waals surface area contributed by atoms with Crippen molar-refractivity contribution in [3.8, 4) is 0 Å². The zero-order valence-corrected chi connectivity index (χ0v) is 10.6. The minimum Gasteiger partial charge on any atom is -0.480 e. The number of aliphatic hydroxyl groups is 1. The fourth-order valence-electron chi connectivity index (χ4n) is 1.02. The van der Waals surface area contributed by atoms with E-state index >= 15 is 0 Å². The lowest BCUT2D eigenvalue weighted by Gasteiger charge is -2.17. The SMILES string of the molecule is NC(C(=O)O)C(O)c1c(Br)cncc1Br. The van der Waals surface area contributed by atoms with E-state index in [4.69, 9.17) is 10.8 Å². The van der Waals surface area contributed by atoms with Crippen LogP contribution in [0.25, 0.3) is 0 Å². The standard InChI is InChI=1S/C8H8Br2N2O3/c9-3-1-12-2-4(10)5(3)7(13)6(11)8(14)15/h1-2,6-7,13H,11H2,(H,14,15). The maximum absolute atomic E-state index is 10.6. The molecule has 0 saturated heterocycles. The van der Waals surface area contributed by atoms with Gasteiger partial charge in [-0.1, -0.05) is 0 Å². The van der Waals surface area contributed by atoms with Gasteiger partial charge in [0.15, 0.2) is 0 Å².